The lowest BCUT2D eigenvalue weighted by Crippen LogP contribution is -2.30. The Morgan fingerprint density at radius 2 is 0.474 bits per heavy atom. The molecule has 0 aromatic heterocycles. The van der Waals surface area contributed by atoms with Crippen molar-refractivity contribution in [3.8, 4) is 0 Å². The summed E-state index contributed by atoms with van der Waals surface area (Å²) < 4.78 is 68.6. The fraction of sp³-hybridized carbons (Fsp3) is 0.949. The Morgan fingerprint density at radius 3 is 0.701 bits per heavy atom. The SMILES string of the molecule is CCCCCCCCCCC(=O)OC[C@H](COP(=O)(O)OC[C@H](O)COP(=O)(O)OC[C@@H](COC(=O)CCCCCCCCCCCCCCCC(C)C)OC(=O)CCCCCCCCCCCCCCCCCC(C)C)OC(=O)CCCCCCCCCCCCCCC(C)C. The summed E-state index contributed by atoms with van der Waals surface area (Å²) in [5.74, 6) is 0.254. The van der Waals surface area contributed by atoms with Gasteiger partial charge in [0.05, 0.1) is 26.4 Å². The number of hydrogen-bond donors (Lipinski definition) is 3. The molecule has 3 N–H and O–H groups in total. The quantitative estimate of drug-likeness (QED) is 0.0222. The summed E-state index contributed by atoms with van der Waals surface area (Å²) in [5, 5.41) is 10.6. The summed E-state index contributed by atoms with van der Waals surface area (Å²) in [6.07, 6.45) is 55.5. The van der Waals surface area contributed by atoms with Gasteiger partial charge >= 0.3 is 39.5 Å². The minimum atomic E-state index is -4.96. The molecule has 0 saturated carbocycles. The van der Waals surface area contributed by atoms with Gasteiger partial charge in [0.2, 0.25) is 0 Å². The number of esters is 4. The molecule has 0 amide bonds. The van der Waals surface area contributed by atoms with Crippen LogP contribution < -0.4 is 0 Å². The van der Waals surface area contributed by atoms with Gasteiger partial charge in [-0.25, -0.2) is 9.13 Å². The van der Waals surface area contributed by atoms with Crippen molar-refractivity contribution < 1.29 is 80.2 Å². The second kappa shape index (κ2) is 68.5. The highest BCUT2D eigenvalue weighted by atomic mass is 31.2. The van der Waals surface area contributed by atoms with Crippen LogP contribution >= 0.6 is 15.6 Å². The second-order valence-corrected chi connectivity index (χ2v) is 32.4. The smallest absolute Gasteiger partial charge is 0.462 e. The molecule has 0 spiro atoms. The number of unbranched alkanes of at least 4 members (excludes halogenated alkanes) is 44. The Kier molecular flexibility index (Phi) is 67.1. The third-order valence-electron chi connectivity index (χ3n) is 18.1. The maximum absolute atomic E-state index is 13.1. The number of hydrogen-bond acceptors (Lipinski definition) is 15. The average Bonchev–Trinajstić information content (AvgIpc) is 1.53. The van der Waals surface area contributed by atoms with Crippen LogP contribution in [0.3, 0.4) is 0 Å². The highest BCUT2D eigenvalue weighted by molar-refractivity contribution is 7.47. The van der Waals surface area contributed by atoms with Crippen LogP contribution in [0.2, 0.25) is 0 Å². The molecule has 0 bridgehead atoms. The van der Waals surface area contributed by atoms with E-state index in [0.717, 1.165) is 114 Å². The van der Waals surface area contributed by atoms with Crippen molar-refractivity contribution in [2.45, 2.75) is 420 Å². The Balaban J connectivity index is 5.22. The van der Waals surface area contributed by atoms with Gasteiger partial charge in [-0.15, -0.1) is 0 Å². The third-order valence-corrected chi connectivity index (χ3v) is 20.0. The number of rotatable bonds is 76. The zero-order valence-electron chi connectivity index (χ0n) is 63.5. The van der Waals surface area contributed by atoms with E-state index in [4.69, 9.17) is 37.0 Å². The van der Waals surface area contributed by atoms with Crippen LogP contribution in [0, 0.1) is 17.8 Å². The maximum atomic E-state index is 13.1. The summed E-state index contributed by atoms with van der Waals surface area (Å²) >= 11 is 0. The minimum Gasteiger partial charge on any atom is -0.462 e. The largest absolute Gasteiger partial charge is 0.472 e. The zero-order chi connectivity index (χ0) is 71.6. The lowest BCUT2D eigenvalue weighted by molar-refractivity contribution is -0.161. The fourth-order valence-electron chi connectivity index (χ4n) is 12.0. The van der Waals surface area contributed by atoms with E-state index in [9.17, 15) is 43.2 Å². The summed E-state index contributed by atoms with van der Waals surface area (Å²) in [7, 11) is -9.91. The number of aliphatic hydroxyl groups excluding tert-OH is 1. The topological polar surface area (TPSA) is 237 Å². The van der Waals surface area contributed by atoms with Gasteiger partial charge in [-0.05, 0) is 43.4 Å². The number of aliphatic hydroxyl groups is 1. The summed E-state index contributed by atoms with van der Waals surface area (Å²) in [5.41, 5.74) is 0. The second-order valence-electron chi connectivity index (χ2n) is 29.5. The van der Waals surface area contributed by atoms with Crippen molar-refractivity contribution in [2.24, 2.45) is 17.8 Å². The van der Waals surface area contributed by atoms with Gasteiger partial charge in [-0.3, -0.25) is 37.3 Å². The molecule has 19 heteroatoms. The molecule has 0 fully saturated rings. The van der Waals surface area contributed by atoms with Gasteiger partial charge in [0.25, 0.3) is 0 Å². The number of phosphoric ester groups is 2. The van der Waals surface area contributed by atoms with E-state index in [1.165, 1.54) is 205 Å². The van der Waals surface area contributed by atoms with E-state index < -0.39 is 97.5 Å². The number of carbonyl (C=O) groups excluding carboxylic acids is 4. The van der Waals surface area contributed by atoms with E-state index in [1.807, 2.05) is 0 Å². The predicted molar refractivity (Wildman–Crippen MR) is 395 cm³/mol. The molecule has 0 saturated heterocycles. The number of carbonyl (C=O) groups is 4. The molecule has 0 heterocycles. The van der Waals surface area contributed by atoms with Crippen molar-refractivity contribution in [1.82, 2.24) is 0 Å². The van der Waals surface area contributed by atoms with Crippen LogP contribution in [-0.2, 0) is 65.4 Å². The van der Waals surface area contributed by atoms with Crippen molar-refractivity contribution in [3.63, 3.8) is 0 Å². The average molecular weight is 1420 g/mol. The van der Waals surface area contributed by atoms with E-state index in [-0.39, 0.29) is 25.7 Å². The first kappa shape index (κ1) is 95.1. The van der Waals surface area contributed by atoms with Crippen LogP contribution in [0.5, 0.6) is 0 Å². The van der Waals surface area contributed by atoms with Crippen LogP contribution in [0.1, 0.15) is 402 Å². The molecule has 2 unspecified atom stereocenters. The molecular formula is C78H152O17P2. The highest BCUT2D eigenvalue weighted by Gasteiger charge is 2.30. The predicted octanol–water partition coefficient (Wildman–Crippen LogP) is 23.0. The van der Waals surface area contributed by atoms with Crippen LogP contribution in [0.25, 0.3) is 0 Å². The van der Waals surface area contributed by atoms with Gasteiger partial charge in [0.1, 0.15) is 19.3 Å². The van der Waals surface area contributed by atoms with Crippen molar-refractivity contribution >= 4 is 39.5 Å². The molecule has 97 heavy (non-hydrogen) atoms. The first-order valence-corrected chi connectivity index (χ1v) is 43.3. The van der Waals surface area contributed by atoms with Crippen LogP contribution in [-0.4, -0.2) is 96.7 Å². The molecule has 0 aliphatic carbocycles. The Morgan fingerprint density at radius 1 is 0.278 bits per heavy atom. The molecule has 0 rings (SSSR count). The summed E-state index contributed by atoms with van der Waals surface area (Å²) in [6, 6.07) is 0. The van der Waals surface area contributed by atoms with E-state index >= 15 is 0 Å². The minimum absolute atomic E-state index is 0.107. The number of ether oxygens (including phenoxy) is 4. The first-order valence-electron chi connectivity index (χ1n) is 40.3. The monoisotopic (exact) mass is 1420 g/mol. The molecule has 0 radical (unpaired) electrons. The number of phosphoric acid groups is 2. The van der Waals surface area contributed by atoms with Gasteiger partial charge in [0, 0.05) is 25.7 Å². The Labute approximate surface area is 594 Å². The third kappa shape index (κ3) is 72.2. The maximum Gasteiger partial charge on any atom is 0.472 e. The van der Waals surface area contributed by atoms with Crippen LogP contribution in [0.4, 0.5) is 0 Å². The van der Waals surface area contributed by atoms with Gasteiger partial charge in [-0.1, -0.05) is 350 Å². The zero-order valence-corrected chi connectivity index (χ0v) is 65.3. The molecule has 576 valence electrons. The fourth-order valence-corrected chi connectivity index (χ4v) is 13.5. The molecule has 0 aromatic carbocycles. The standard InChI is InChI=1S/C78H152O17P2/c1-8-9-10-11-12-38-45-52-59-75(80)88-65-73(94-78(83)62-55-48-41-34-28-22-21-25-31-37-44-51-58-71(6)7)67-92-96(84,85)90-63-72(79)64-91-97(86,87)93-68-74(66-89-76(81)60-53-46-39-32-26-20-16-18-24-30-36-43-50-57-70(4)5)95-77(82)61-54-47-40-33-27-19-15-13-14-17-23-29-35-42-49-56-69(2)3/h69-74,79H,8-68H2,1-7H3,(H,84,85)(H,86,87)/t72-,73+,74+/m0/s1. The van der Waals surface area contributed by atoms with Gasteiger partial charge < -0.3 is 33.8 Å². The molecule has 0 aliphatic heterocycles. The first-order chi connectivity index (χ1) is 46.7. The lowest BCUT2D eigenvalue weighted by Gasteiger charge is -2.21. The van der Waals surface area contributed by atoms with E-state index in [2.05, 4.69) is 48.5 Å². The molecule has 5 atom stereocenters. The van der Waals surface area contributed by atoms with Crippen molar-refractivity contribution in [1.29, 1.82) is 0 Å². The Hall–Kier alpha value is -1.94. The Bertz CT molecular complexity index is 1890. The van der Waals surface area contributed by atoms with Crippen molar-refractivity contribution in [2.75, 3.05) is 39.6 Å². The lowest BCUT2D eigenvalue weighted by atomic mass is 10.0. The molecule has 0 aliphatic rings. The van der Waals surface area contributed by atoms with Crippen LogP contribution in [0.15, 0.2) is 0 Å². The van der Waals surface area contributed by atoms with Gasteiger partial charge in [-0.2, -0.15) is 0 Å². The molecular weight excluding hydrogens is 1270 g/mol. The van der Waals surface area contributed by atoms with E-state index in [0.29, 0.717) is 25.7 Å². The molecule has 17 nitrogen and oxygen atoms in total. The normalized spacial score (nSPS) is 14.0. The highest BCUT2D eigenvalue weighted by Crippen LogP contribution is 2.45. The van der Waals surface area contributed by atoms with Crippen molar-refractivity contribution in [3.05, 3.63) is 0 Å². The summed E-state index contributed by atoms with van der Waals surface area (Å²) in [4.78, 5) is 72.8. The van der Waals surface area contributed by atoms with E-state index in [1.54, 1.807) is 0 Å². The molecule has 0 aromatic rings. The summed E-state index contributed by atoms with van der Waals surface area (Å²) in [6.45, 7) is 11.9. The van der Waals surface area contributed by atoms with Gasteiger partial charge in [0.15, 0.2) is 12.2 Å².